The van der Waals surface area contributed by atoms with Crippen LogP contribution in [0.25, 0.3) is 0 Å². The molecule has 0 spiro atoms. The van der Waals surface area contributed by atoms with E-state index in [1.807, 2.05) is 13.8 Å². The summed E-state index contributed by atoms with van der Waals surface area (Å²) in [5, 5.41) is 9.68. The molecule has 0 bridgehead atoms. The maximum atomic E-state index is 15.3. The summed E-state index contributed by atoms with van der Waals surface area (Å²) in [6, 6.07) is 0.403. The number of rotatable bonds is 7. The normalized spacial score (nSPS) is 48.0. The first-order valence-corrected chi connectivity index (χ1v) is 22.8. The van der Waals surface area contributed by atoms with Gasteiger partial charge in [-0.2, -0.15) is 0 Å². The third-order valence-electron chi connectivity index (χ3n) is 20.1. The minimum Gasteiger partial charge on any atom is -0.481 e. The van der Waals surface area contributed by atoms with Crippen LogP contribution in [-0.2, 0) is 19.1 Å². The Morgan fingerprint density at radius 1 is 0.722 bits per heavy atom. The Kier molecular flexibility index (Phi) is 9.58. The zero-order valence-electron chi connectivity index (χ0n) is 35.7. The van der Waals surface area contributed by atoms with E-state index < -0.39 is 17.3 Å². The Bertz CT molecular complexity index is 1500. The summed E-state index contributed by atoms with van der Waals surface area (Å²) in [6.07, 6.45) is 16.6. The lowest BCUT2D eigenvalue weighted by molar-refractivity contribution is -0.252. The Hall–Kier alpha value is -1.63. The lowest BCUT2D eigenvalue weighted by Gasteiger charge is -2.73. The van der Waals surface area contributed by atoms with Crippen LogP contribution in [0.4, 0.5) is 0 Å². The van der Waals surface area contributed by atoms with Crippen molar-refractivity contribution in [2.75, 3.05) is 26.2 Å². The van der Waals surface area contributed by atoms with E-state index in [4.69, 9.17) is 4.74 Å². The van der Waals surface area contributed by atoms with Crippen molar-refractivity contribution < 1.29 is 24.2 Å². The van der Waals surface area contributed by atoms with Crippen molar-refractivity contribution in [3.05, 3.63) is 0 Å². The molecule has 1 amide bonds. The monoisotopic (exact) mass is 749 g/mol. The summed E-state index contributed by atoms with van der Waals surface area (Å²) >= 11 is 0. The molecule has 0 aromatic heterocycles. The third-order valence-corrected chi connectivity index (χ3v) is 20.1. The van der Waals surface area contributed by atoms with Gasteiger partial charge >= 0.3 is 11.9 Å². The number of hydrogen-bond donors (Lipinski definition) is 1. The summed E-state index contributed by atoms with van der Waals surface area (Å²) in [7, 11) is 0. The Morgan fingerprint density at radius 3 is 2.11 bits per heavy atom. The first-order valence-electron chi connectivity index (χ1n) is 22.8. The first kappa shape index (κ1) is 39.2. The number of fused-ring (bicyclic) bond motifs is 7. The predicted molar refractivity (Wildman–Crippen MR) is 212 cm³/mol. The number of ether oxygens (including phenoxy) is 1. The molecule has 8 aliphatic rings. The largest absolute Gasteiger partial charge is 0.481 e. The number of hydrogen-bond acceptors (Lipinski definition) is 5. The van der Waals surface area contributed by atoms with Crippen molar-refractivity contribution in [2.24, 2.45) is 79.8 Å². The predicted octanol–water partition coefficient (Wildman–Crippen LogP) is 9.47. The molecule has 6 saturated carbocycles. The minimum atomic E-state index is -0.803. The highest BCUT2D eigenvalue weighted by molar-refractivity contribution is 5.84. The highest BCUT2D eigenvalue weighted by Crippen LogP contribution is 2.78. The van der Waals surface area contributed by atoms with Gasteiger partial charge < -0.3 is 19.6 Å². The number of nitrogens with zero attached hydrogens (tertiary/aromatic N) is 2. The van der Waals surface area contributed by atoms with E-state index in [-0.39, 0.29) is 45.1 Å². The van der Waals surface area contributed by atoms with Crippen LogP contribution >= 0.6 is 0 Å². The Balaban J connectivity index is 1.03. The molecule has 7 nitrogen and oxygen atoms in total. The van der Waals surface area contributed by atoms with Crippen molar-refractivity contribution >= 4 is 17.8 Å². The molecule has 2 heterocycles. The topological polar surface area (TPSA) is 87.2 Å². The molecular weight excluding hydrogens is 673 g/mol. The van der Waals surface area contributed by atoms with Crippen molar-refractivity contribution in [3.8, 4) is 0 Å². The molecule has 0 aromatic carbocycles. The quantitative estimate of drug-likeness (QED) is 0.261. The van der Waals surface area contributed by atoms with E-state index in [0.717, 1.165) is 45.2 Å². The molecule has 0 radical (unpaired) electrons. The smallest absolute Gasteiger partial charge is 0.309 e. The molecule has 1 N–H and O–H groups in total. The number of esters is 1. The van der Waals surface area contributed by atoms with Crippen molar-refractivity contribution in [3.63, 3.8) is 0 Å². The van der Waals surface area contributed by atoms with Crippen LogP contribution in [0, 0.1) is 79.8 Å². The van der Waals surface area contributed by atoms with Crippen LogP contribution in [0.3, 0.4) is 0 Å². The van der Waals surface area contributed by atoms with Crippen molar-refractivity contribution in [1.29, 1.82) is 0 Å². The highest BCUT2D eigenvalue weighted by atomic mass is 16.5. The van der Waals surface area contributed by atoms with Crippen LogP contribution in [0.5, 0.6) is 0 Å². The zero-order chi connectivity index (χ0) is 38.8. The maximum Gasteiger partial charge on any atom is 0.309 e. The van der Waals surface area contributed by atoms with Gasteiger partial charge in [-0.15, -0.1) is 0 Å². The van der Waals surface area contributed by atoms with Gasteiger partial charge in [-0.25, -0.2) is 0 Å². The van der Waals surface area contributed by atoms with Gasteiger partial charge in [0.2, 0.25) is 5.91 Å². The lowest BCUT2D eigenvalue weighted by Crippen LogP contribution is -2.68. The average molecular weight is 749 g/mol. The summed E-state index contributed by atoms with van der Waals surface area (Å²) in [4.78, 5) is 45.8. The molecule has 0 unspecified atom stereocenters. The highest BCUT2D eigenvalue weighted by Gasteiger charge is 2.72. The summed E-state index contributed by atoms with van der Waals surface area (Å²) in [5.41, 5.74) is -0.302. The Labute approximate surface area is 327 Å². The van der Waals surface area contributed by atoms with Gasteiger partial charge in [-0.3, -0.25) is 14.4 Å². The fraction of sp³-hybridized carbons (Fsp3) is 0.936. The number of carboxylic acids is 1. The zero-order valence-corrected chi connectivity index (χ0v) is 35.7. The molecule has 8 fully saturated rings. The number of likely N-dealkylation sites (tertiary alicyclic amines) is 2. The van der Waals surface area contributed by atoms with Crippen LogP contribution in [0.15, 0.2) is 0 Å². The minimum absolute atomic E-state index is 0.134. The van der Waals surface area contributed by atoms with Crippen molar-refractivity contribution in [2.45, 2.75) is 171 Å². The van der Waals surface area contributed by atoms with E-state index in [2.05, 4.69) is 58.3 Å². The fourth-order valence-corrected chi connectivity index (χ4v) is 16.8. The second-order valence-corrected chi connectivity index (χ2v) is 22.9. The van der Waals surface area contributed by atoms with E-state index in [1.165, 1.54) is 70.9 Å². The van der Waals surface area contributed by atoms with Gasteiger partial charge in [0, 0.05) is 24.5 Å². The van der Waals surface area contributed by atoms with Crippen LogP contribution in [-0.4, -0.2) is 71.1 Å². The number of carbonyl (C=O) groups excluding carboxylic acids is 2. The molecule has 6 aliphatic carbocycles. The molecular formula is C47H76N2O5. The van der Waals surface area contributed by atoms with Gasteiger partial charge in [-0.05, 0) is 167 Å². The number of amides is 1. The summed E-state index contributed by atoms with van der Waals surface area (Å²) < 4.78 is 6.47. The van der Waals surface area contributed by atoms with Crippen LogP contribution in [0.1, 0.15) is 159 Å². The molecule has 0 aromatic rings. The number of carbonyl (C=O) groups is 3. The third kappa shape index (κ3) is 5.43. The lowest BCUT2D eigenvalue weighted by atomic mass is 9.32. The summed E-state index contributed by atoms with van der Waals surface area (Å²) in [5.74, 6) is 2.15. The van der Waals surface area contributed by atoms with Gasteiger partial charge in [-0.1, -0.05) is 62.3 Å². The second-order valence-electron chi connectivity index (χ2n) is 22.9. The second kappa shape index (κ2) is 13.2. The maximum absolute atomic E-state index is 15.3. The van der Waals surface area contributed by atoms with Gasteiger partial charge in [0.25, 0.3) is 0 Å². The SMILES string of the molecule is CC(C)[C@@H]1CC[C@]2(C(=O)N3CCC[C@H]3CN3CCCC3)CC[C@]3(C)[C@H](CC[C@@H]4[C@@]5(C)CC[C@H](OC(=O)[C@H]6C[C@@H](C(=O)O)C6(C)C)C(C)(C)[C@@H]5CC[C@]43C)[C@@H]12. The summed E-state index contributed by atoms with van der Waals surface area (Å²) in [6.45, 7) is 26.0. The van der Waals surface area contributed by atoms with E-state index in [9.17, 15) is 14.7 Å². The molecule has 2 aliphatic heterocycles. The molecule has 304 valence electrons. The standard InChI is InChI=1S/C47H76N2O5/c1-29(2)31-16-21-47(41(53)49-26-12-13-30(49)28-48-24-10-11-25-48)23-22-45(8)32(38(31)47)14-15-36-44(7)19-18-37(43(5,6)35(44)17-20-46(36,45)9)54-40(52)34-27-33(39(50)51)42(34,3)4/h29-38H,10-28H2,1-9H3,(H,50,51)/t30-,31-,32+,33-,34+,35-,36+,37-,38+,44-,45+,46+,47-/m0/s1. The van der Waals surface area contributed by atoms with E-state index in [1.54, 1.807) is 0 Å². The average Bonchev–Trinajstić information content (AvgIpc) is 3.87. The van der Waals surface area contributed by atoms with E-state index >= 15 is 4.79 Å². The van der Waals surface area contributed by atoms with Gasteiger partial charge in [0.15, 0.2) is 0 Å². The van der Waals surface area contributed by atoms with Crippen LogP contribution in [0.2, 0.25) is 0 Å². The van der Waals surface area contributed by atoms with Crippen LogP contribution < -0.4 is 0 Å². The molecule has 13 atom stereocenters. The molecule has 2 saturated heterocycles. The number of aliphatic carboxylic acids is 1. The molecule has 54 heavy (non-hydrogen) atoms. The van der Waals surface area contributed by atoms with Crippen molar-refractivity contribution in [1.82, 2.24) is 9.80 Å². The fourth-order valence-electron chi connectivity index (χ4n) is 16.8. The molecule has 7 heteroatoms. The molecule has 8 rings (SSSR count). The van der Waals surface area contributed by atoms with Gasteiger partial charge in [0.05, 0.1) is 17.3 Å². The first-order chi connectivity index (χ1) is 25.3. The number of carboxylic acid groups (broad SMARTS) is 1. The van der Waals surface area contributed by atoms with E-state index in [0.29, 0.717) is 53.9 Å². The Morgan fingerprint density at radius 2 is 1.44 bits per heavy atom. The van der Waals surface area contributed by atoms with Gasteiger partial charge in [0.1, 0.15) is 6.10 Å².